The van der Waals surface area contributed by atoms with Crippen LogP contribution in [0.3, 0.4) is 0 Å². The molecule has 0 aliphatic carbocycles. The summed E-state index contributed by atoms with van der Waals surface area (Å²) in [6, 6.07) is 96.5. The first-order chi connectivity index (χ1) is 44.9. The molecule has 0 saturated carbocycles. The number of anilines is 9. The zero-order valence-electron chi connectivity index (χ0n) is 52.0. The van der Waals surface area contributed by atoms with E-state index in [0.717, 1.165) is 151 Å². The molecule has 2 aromatic heterocycles. The Hall–Kier alpha value is -11.0. The number of fused-ring (bicyclic) bond motifs is 17. The summed E-state index contributed by atoms with van der Waals surface area (Å²) in [5.74, 6) is 1.58. The topological polar surface area (TPSA) is 45.2 Å². The number of ether oxygens (including phenoxy) is 1. The van der Waals surface area contributed by atoms with Gasteiger partial charge in [0.1, 0.15) is 33.8 Å². The molecule has 6 nitrogen and oxygen atoms in total. The van der Waals surface area contributed by atoms with Crippen LogP contribution in [0.1, 0.15) is 52.7 Å². The van der Waals surface area contributed by atoms with Crippen molar-refractivity contribution in [1.29, 1.82) is 0 Å². The van der Waals surface area contributed by atoms with Gasteiger partial charge in [-0.25, -0.2) is 0 Å². The third kappa shape index (κ3) is 7.64. The molecule has 0 fully saturated rings. The molecule has 0 amide bonds. The summed E-state index contributed by atoms with van der Waals surface area (Å²) in [4.78, 5) is 7.58. The Bertz CT molecular complexity index is 5530. The molecule has 0 bridgehead atoms. The fourth-order valence-corrected chi connectivity index (χ4v) is 15.9. The van der Waals surface area contributed by atoms with E-state index in [-0.39, 0.29) is 24.3 Å². The first-order valence-corrected chi connectivity index (χ1v) is 32.2. The van der Waals surface area contributed by atoms with Crippen molar-refractivity contribution < 1.29 is 13.6 Å². The maximum atomic E-state index is 7.78. The predicted octanol–water partition coefficient (Wildman–Crippen LogP) is 19.1. The highest BCUT2D eigenvalue weighted by molar-refractivity contribution is 7.03. The summed E-state index contributed by atoms with van der Waals surface area (Å²) in [7, 11) is 0. The third-order valence-corrected chi connectivity index (χ3v) is 20.2. The fourth-order valence-electron chi connectivity index (χ4n) is 15.9. The fraction of sp³-hybridized carbons (Fsp3) is 0.0952. The summed E-state index contributed by atoms with van der Waals surface area (Å²) in [6.45, 7) is 13.3. The molecule has 436 valence electrons. The Labute approximate surface area is 535 Å². The second kappa shape index (κ2) is 19.3. The lowest BCUT2D eigenvalue weighted by atomic mass is 9.30. The zero-order valence-corrected chi connectivity index (χ0v) is 52.0. The van der Waals surface area contributed by atoms with Crippen molar-refractivity contribution in [3.05, 3.63) is 272 Å². The molecule has 19 rings (SSSR count). The number of hydrogen-bond donors (Lipinski definition) is 0. The number of nitrogens with zero attached hydrogens (tertiary/aromatic N) is 3. The predicted molar refractivity (Wildman–Crippen MR) is 387 cm³/mol. The van der Waals surface area contributed by atoms with Gasteiger partial charge in [0.05, 0.1) is 27.8 Å². The maximum absolute atomic E-state index is 7.78. The molecule has 4 aliphatic heterocycles. The van der Waals surface area contributed by atoms with Crippen molar-refractivity contribution in [2.45, 2.75) is 52.4 Å². The van der Waals surface area contributed by atoms with Crippen LogP contribution < -0.4 is 52.2 Å². The molecule has 15 aromatic rings. The number of hydrogen-bond acceptors (Lipinski definition) is 6. The van der Waals surface area contributed by atoms with Crippen molar-refractivity contribution in [3.8, 4) is 33.8 Å². The van der Waals surface area contributed by atoms with Crippen LogP contribution in [-0.2, 0) is 10.8 Å². The van der Waals surface area contributed by atoms with Crippen LogP contribution in [0, 0.1) is 0 Å². The van der Waals surface area contributed by atoms with Crippen LogP contribution in [0.2, 0.25) is 0 Å². The second-order valence-electron chi connectivity index (χ2n) is 27.5. The van der Waals surface area contributed by atoms with Crippen molar-refractivity contribution in [3.63, 3.8) is 0 Å². The molecular weight excluding hydrogens is 1120 g/mol. The van der Waals surface area contributed by atoms with Crippen LogP contribution in [0.25, 0.3) is 76.9 Å². The number of para-hydroxylation sites is 6. The Morgan fingerprint density at radius 1 is 0.315 bits per heavy atom. The van der Waals surface area contributed by atoms with E-state index in [1.807, 2.05) is 0 Å². The van der Waals surface area contributed by atoms with E-state index in [1.165, 1.54) is 33.0 Å². The minimum absolute atomic E-state index is 0.0389. The number of rotatable bonds is 5. The molecule has 0 N–H and O–H groups in total. The molecule has 92 heavy (non-hydrogen) atoms. The third-order valence-electron chi connectivity index (χ3n) is 20.2. The van der Waals surface area contributed by atoms with Crippen LogP contribution in [0.15, 0.2) is 270 Å². The number of benzene rings is 13. The number of furan rings is 2. The standard InChI is InChI=1S/C84H61B2N3O3/c1-83(2,3)54-40-36-50(37-41-54)58-29-21-30-59(51-38-42-55(43-39-51)84(4,5)6)80(58)89-68-47-72-65(46-64(68)85-62-31-16-18-33-66(62)87(56-24-9-7-10-25-56)81-76-60-28-15-20-35-70(60)90-73(76)48-69(89)78(81)85)86-63-32-17-19-34-67(63)88(57-26-11-8-12-27-57)82-77-61-44-52-22-13-14-23-53(52)45-71(61)91-74(77)49-75(92-72)79(82)86/h7-49H,1-6H3. The molecule has 13 aromatic carbocycles. The van der Waals surface area contributed by atoms with Crippen LogP contribution >= 0.6 is 0 Å². The van der Waals surface area contributed by atoms with Gasteiger partial charge in [-0.05, 0) is 131 Å². The average Bonchev–Trinajstić information content (AvgIpc) is 1.06. The van der Waals surface area contributed by atoms with Crippen LogP contribution in [0.4, 0.5) is 51.2 Å². The van der Waals surface area contributed by atoms with Gasteiger partial charge in [0.25, 0.3) is 13.4 Å². The minimum Gasteiger partial charge on any atom is -0.458 e. The quantitative estimate of drug-likeness (QED) is 0.160. The first-order valence-electron chi connectivity index (χ1n) is 32.2. The highest BCUT2D eigenvalue weighted by Gasteiger charge is 2.49. The first kappa shape index (κ1) is 52.9. The molecule has 4 aliphatic rings. The summed E-state index contributed by atoms with van der Waals surface area (Å²) in [5.41, 5.74) is 27.0. The summed E-state index contributed by atoms with van der Waals surface area (Å²) in [5, 5.41) is 6.59. The Morgan fingerprint density at radius 2 is 0.826 bits per heavy atom. The van der Waals surface area contributed by atoms with E-state index >= 15 is 0 Å². The van der Waals surface area contributed by atoms with Gasteiger partial charge >= 0.3 is 0 Å². The van der Waals surface area contributed by atoms with Gasteiger partial charge in [0.15, 0.2) is 0 Å². The SMILES string of the molecule is CC(C)(C)c1ccc(-c2cccc(-c3ccc(C(C)(C)C)cc3)c2N2c3cc4c(cc3B3c5ccccc5N(c5ccccc5)c5c3c2cc2oc3ccccc3c52)B2c3ccccc3N(c3ccccc3)c3c2c(cc2oc5cc6ccccc6cc5c32)O4)cc1. The summed E-state index contributed by atoms with van der Waals surface area (Å²) >= 11 is 0. The van der Waals surface area contributed by atoms with Gasteiger partial charge in [-0.3, -0.25) is 0 Å². The van der Waals surface area contributed by atoms with Crippen LogP contribution in [-0.4, -0.2) is 13.4 Å². The van der Waals surface area contributed by atoms with E-state index in [2.05, 4.69) is 317 Å². The van der Waals surface area contributed by atoms with Gasteiger partial charge in [-0.1, -0.05) is 230 Å². The van der Waals surface area contributed by atoms with Gasteiger partial charge < -0.3 is 28.3 Å². The molecular formula is C84H61B2N3O3. The molecule has 0 spiro atoms. The molecule has 0 unspecified atom stereocenters. The van der Waals surface area contributed by atoms with Crippen molar-refractivity contribution >= 4 is 152 Å². The lowest BCUT2D eigenvalue weighted by molar-refractivity contribution is 0.487. The van der Waals surface area contributed by atoms with E-state index in [9.17, 15) is 0 Å². The maximum Gasteiger partial charge on any atom is 0.256 e. The Morgan fingerprint density at radius 3 is 1.45 bits per heavy atom. The van der Waals surface area contributed by atoms with Crippen molar-refractivity contribution in [2.24, 2.45) is 0 Å². The van der Waals surface area contributed by atoms with Gasteiger partial charge in [0, 0.05) is 74.2 Å². The normalized spacial score (nSPS) is 13.7. The largest absolute Gasteiger partial charge is 0.458 e. The average molecular weight is 1180 g/mol. The Balaban J connectivity index is 0.959. The highest BCUT2D eigenvalue weighted by atomic mass is 16.5. The zero-order chi connectivity index (χ0) is 61.5. The highest BCUT2D eigenvalue weighted by Crippen LogP contribution is 2.55. The second-order valence-corrected chi connectivity index (χ2v) is 27.5. The van der Waals surface area contributed by atoms with E-state index in [1.54, 1.807) is 0 Å². The van der Waals surface area contributed by atoms with E-state index < -0.39 is 0 Å². The van der Waals surface area contributed by atoms with Crippen molar-refractivity contribution in [1.82, 2.24) is 0 Å². The lowest BCUT2D eigenvalue weighted by Gasteiger charge is -2.46. The van der Waals surface area contributed by atoms with Gasteiger partial charge in [-0.2, -0.15) is 0 Å². The van der Waals surface area contributed by atoms with Crippen molar-refractivity contribution in [2.75, 3.05) is 14.7 Å². The molecule has 0 radical (unpaired) electrons. The van der Waals surface area contributed by atoms with E-state index in [0.29, 0.717) is 0 Å². The smallest absolute Gasteiger partial charge is 0.256 e. The summed E-state index contributed by atoms with van der Waals surface area (Å²) < 4.78 is 22.1. The van der Waals surface area contributed by atoms with Gasteiger partial charge in [-0.15, -0.1) is 0 Å². The molecule has 6 heterocycles. The monoisotopic (exact) mass is 1180 g/mol. The minimum atomic E-state index is -0.243. The lowest BCUT2D eigenvalue weighted by Crippen LogP contribution is -2.64. The van der Waals surface area contributed by atoms with E-state index in [4.69, 9.17) is 13.6 Å². The molecule has 0 atom stereocenters. The molecule has 8 heteroatoms. The Kier molecular flexibility index (Phi) is 11.1. The molecule has 0 saturated heterocycles. The van der Waals surface area contributed by atoms with Crippen LogP contribution in [0.5, 0.6) is 11.5 Å². The summed E-state index contributed by atoms with van der Waals surface area (Å²) in [6.07, 6.45) is 0. The van der Waals surface area contributed by atoms with Gasteiger partial charge in [0.2, 0.25) is 0 Å².